The van der Waals surface area contributed by atoms with Gasteiger partial charge in [0.15, 0.2) is 0 Å². The third-order valence-corrected chi connectivity index (χ3v) is 6.85. The van der Waals surface area contributed by atoms with Crippen molar-refractivity contribution in [2.24, 2.45) is 5.92 Å². The van der Waals surface area contributed by atoms with Crippen molar-refractivity contribution in [1.82, 2.24) is 9.47 Å². The van der Waals surface area contributed by atoms with Gasteiger partial charge >= 0.3 is 0 Å². The monoisotopic (exact) mass is 484 g/mol. The minimum absolute atomic E-state index is 0.00123. The molecule has 4 rings (SSSR count). The summed E-state index contributed by atoms with van der Waals surface area (Å²) < 4.78 is 8.68. The Morgan fingerprint density at radius 3 is 2.69 bits per heavy atom. The minimum Gasteiger partial charge on any atom is -0.492 e. The smallest absolute Gasteiger partial charge is 0.266 e. The van der Waals surface area contributed by atoms with Crippen molar-refractivity contribution in [2.45, 2.75) is 26.8 Å². The van der Waals surface area contributed by atoms with E-state index in [1.54, 1.807) is 4.90 Å². The average molecular weight is 485 g/mol. The number of aromatic nitrogens is 1. The van der Waals surface area contributed by atoms with Crippen LogP contribution in [0.5, 0.6) is 5.75 Å². The highest BCUT2D eigenvalue weighted by Crippen LogP contribution is 2.35. The molecule has 0 radical (unpaired) electrons. The van der Waals surface area contributed by atoms with Gasteiger partial charge in [-0.3, -0.25) is 9.69 Å². The lowest BCUT2D eigenvalue weighted by molar-refractivity contribution is -0.122. The molecule has 1 saturated heterocycles. The van der Waals surface area contributed by atoms with Crippen LogP contribution in [0.25, 0.3) is 17.0 Å². The van der Waals surface area contributed by atoms with Crippen LogP contribution in [0.15, 0.2) is 59.6 Å². The van der Waals surface area contributed by atoms with E-state index in [9.17, 15) is 4.79 Å². The molecule has 166 valence electrons. The normalized spacial score (nSPS) is 15.5. The van der Waals surface area contributed by atoms with E-state index < -0.39 is 0 Å². The largest absolute Gasteiger partial charge is 0.492 e. The van der Waals surface area contributed by atoms with Crippen LogP contribution in [0.1, 0.15) is 25.8 Å². The predicted octanol–water partition coefficient (Wildman–Crippen LogP) is 6.62. The maximum atomic E-state index is 12.9. The molecule has 2 heterocycles. The van der Waals surface area contributed by atoms with Gasteiger partial charge in [-0.2, -0.15) is 0 Å². The zero-order valence-corrected chi connectivity index (χ0v) is 20.5. The lowest BCUT2D eigenvalue weighted by Gasteiger charge is -2.16. The number of carbonyl (C=O) groups is 1. The first kappa shape index (κ1) is 22.9. The molecule has 0 N–H and O–H groups in total. The van der Waals surface area contributed by atoms with E-state index in [2.05, 4.69) is 36.7 Å². The van der Waals surface area contributed by atoms with Gasteiger partial charge in [-0.15, -0.1) is 0 Å². The Labute approximate surface area is 203 Å². The Kier molecular flexibility index (Phi) is 7.23. The highest BCUT2D eigenvalue weighted by molar-refractivity contribution is 8.26. The Hall–Kier alpha value is -2.28. The number of halogens is 1. The molecule has 7 heteroatoms. The second kappa shape index (κ2) is 10.1. The van der Waals surface area contributed by atoms with E-state index >= 15 is 0 Å². The van der Waals surface area contributed by atoms with Crippen LogP contribution < -0.4 is 4.74 Å². The molecule has 3 aromatic rings. The first-order chi connectivity index (χ1) is 15.4. The molecule has 1 aromatic heterocycles. The van der Waals surface area contributed by atoms with Gasteiger partial charge in [0.05, 0.1) is 16.5 Å². The molecule has 1 aliphatic heterocycles. The number of thiocarbonyl (C=S) groups is 1. The van der Waals surface area contributed by atoms with Gasteiger partial charge in [0.25, 0.3) is 5.91 Å². The third kappa shape index (κ3) is 5.03. The van der Waals surface area contributed by atoms with E-state index in [1.165, 1.54) is 11.8 Å². The molecule has 0 saturated carbocycles. The first-order valence-electron chi connectivity index (χ1n) is 10.6. The van der Waals surface area contributed by atoms with E-state index in [-0.39, 0.29) is 5.91 Å². The van der Waals surface area contributed by atoms with Crippen molar-refractivity contribution in [3.05, 3.63) is 70.2 Å². The number of para-hydroxylation sites is 2. The molecule has 0 bridgehead atoms. The van der Waals surface area contributed by atoms with Gasteiger partial charge in [0.1, 0.15) is 10.1 Å². The van der Waals surface area contributed by atoms with Crippen molar-refractivity contribution in [3.63, 3.8) is 0 Å². The molecule has 0 spiro atoms. The lowest BCUT2D eigenvalue weighted by Crippen LogP contribution is -2.31. The number of rotatable bonds is 8. The standard InChI is InChI=1S/C25H25ClN2O2S2/c1-17(2)15-28-24(29)23(32-25(28)31)14-18-16-27(21-10-5-3-8-19(18)21)12-7-13-30-22-11-6-4-9-20(22)26/h3-6,8-11,14,16-17H,7,12-13,15H2,1-2H3/b23-14-. The van der Waals surface area contributed by atoms with Crippen molar-refractivity contribution in [3.8, 4) is 5.75 Å². The van der Waals surface area contributed by atoms with E-state index in [0.717, 1.165) is 29.4 Å². The Balaban J connectivity index is 1.50. The lowest BCUT2D eigenvalue weighted by atomic mass is 10.1. The summed E-state index contributed by atoms with van der Waals surface area (Å²) in [5, 5.41) is 1.74. The van der Waals surface area contributed by atoms with Crippen LogP contribution in [0, 0.1) is 5.92 Å². The number of hydrogen-bond donors (Lipinski definition) is 0. The summed E-state index contributed by atoms with van der Waals surface area (Å²) in [5.41, 5.74) is 2.16. The summed E-state index contributed by atoms with van der Waals surface area (Å²) in [5.74, 6) is 1.07. The fraction of sp³-hybridized carbons (Fsp3) is 0.280. The summed E-state index contributed by atoms with van der Waals surface area (Å²) in [4.78, 5) is 15.3. The quantitative estimate of drug-likeness (QED) is 0.204. The Morgan fingerprint density at radius 2 is 1.91 bits per heavy atom. The maximum absolute atomic E-state index is 12.9. The number of benzene rings is 2. The molecule has 2 aromatic carbocycles. The van der Waals surface area contributed by atoms with Gasteiger partial charge in [0, 0.05) is 35.8 Å². The van der Waals surface area contributed by atoms with Gasteiger partial charge in [-0.1, -0.05) is 79.8 Å². The second-order valence-electron chi connectivity index (χ2n) is 8.11. The third-order valence-electron chi connectivity index (χ3n) is 5.16. The van der Waals surface area contributed by atoms with Crippen molar-refractivity contribution < 1.29 is 9.53 Å². The molecule has 4 nitrogen and oxygen atoms in total. The summed E-state index contributed by atoms with van der Waals surface area (Å²) in [6.07, 6.45) is 4.91. The first-order valence-corrected chi connectivity index (χ1v) is 12.2. The number of thioether (sulfide) groups is 1. The van der Waals surface area contributed by atoms with E-state index in [1.807, 2.05) is 42.5 Å². The fourth-order valence-electron chi connectivity index (χ4n) is 3.72. The van der Waals surface area contributed by atoms with E-state index in [0.29, 0.717) is 39.1 Å². The van der Waals surface area contributed by atoms with Crippen LogP contribution in [-0.2, 0) is 11.3 Å². The molecule has 0 aliphatic carbocycles. The zero-order chi connectivity index (χ0) is 22.7. The summed E-state index contributed by atoms with van der Waals surface area (Å²) in [6, 6.07) is 15.8. The minimum atomic E-state index is -0.00123. The number of carbonyl (C=O) groups excluding carboxylic acids is 1. The number of ether oxygens (including phenoxy) is 1. The van der Waals surface area contributed by atoms with Crippen LogP contribution in [0.4, 0.5) is 0 Å². The summed E-state index contributed by atoms with van der Waals surface area (Å²) in [7, 11) is 0. The van der Waals surface area contributed by atoms with Gasteiger partial charge in [0.2, 0.25) is 0 Å². The molecular weight excluding hydrogens is 460 g/mol. The van der Waals surface area contributed by atoms with Gasteiger partial charge in [-0.05, 0) is 36.6 Å². The fourth-order valence-corrected chi connectivity index (χ4v) is 5.17. The van der Waals surface area contributed by atoms with Gasteiger partial charge < -0.3 is 9.30 Å². The molecule has 0 unspecified atom stereocenters. The SMILES string of the molecule is CC(C)CN1C(=O)/C(=C/c2cn(CCCOc3ccccc3Cl)c3ccccc23)SC1=S. The molecule has 1 aliphatic rings. The highest BCUT2D eigenvalue weighted by atomic mass is 35.5. The van der Waals surface area contributed by atoms with Crippen LogP contribution in [-0.4, -0.2) is 32.8 Å². The van der Waals surface area contributed by atoms with Crippen LogP contribution in [0.3, 0.4) is 0 Å². The maximum Gasteiger partial charge on any atom is 0.266 e. The van der Waals surface area contributed by atoms with Crippen molar-refractivity contribution >= 4 is 62.8 Å². The van der Waals surface area contributed by atoms with Gasteiger partial charge in [-0.25, -0.2) is 0 Å². The Morgan fingerprint density at radius 1 is 1.16 bits per heavy atom. The van der Waals surface area contributed by atoms with Crippen LogP contribution >= 0.6 is 35.6 Å². The molecular formula is C25H25ClN2O2S2. The summed E-state index contributed by atoms with van der Waals surface area (Å²) >= 11 is 13.0. The highest BCUT2D eigenvalue weighted by Gasteiger charge is 2.32. The number of fused-ring (bicyclic) bond motifs is 1. The van der Waals surface area contributed by atoms with Crippen molar-refractivity contribution in [2.75, 3.05) is 13.2 Å². The van der Waals surface area contributed by atoms with E-state index in [4.69, 9.17) is 28.6 Å². The Bertz CT molecular complexity index is 1190. The second-order valence-corrected chi connectivity index (χ2v) is 10.2. The number of hydrogen-bond acceptors (Lipinski definition) is 4. The number of amides is 1. The molecule has 1 fully saturated rings. The molecule has 1 amide bonds. The topological polar surface area (TPSA) is 34.5 Å². The summed E-state index contributed by atoms with van der Waals surface area (Å²) in [6.45, 7) is 6.19. The van der Waals surface area contributed by atoms with Crippen LogP contribution in [0.2, 0.25) is 5.02 Å². The predicted molar refractivity (Wildman–Crippen MR) is 138 cm³/mol. The average Bonchev–Trinajstić information content (AvgIpc) is 3.24. The number of aryl methyl sites for hydroxylation is 1. The number of nitrogens with zero attached hydrogens (tertiary/aromatic N) is 2. The zero-order valence-electron chi connectivity index (χ0n) is 18.1. The van der Waals surface area contributed by atoms with Crippen molar-refractivity contribution in [1.29, 1.82) is 0 Å². The molecule has 32 heavy (non-hydrogen) atoms. The molecule has 0 atom stereocenters.